The average Bonchev–Trinajstić information content (AvgIpc) is 3.07. The highest BCUT2D eigenvalue weighted by atomic mass is 32.2. The molecule has 0 atom stereocenters. The van der Waals surface area contributed by atoms with Gasteiger partial charge in [-0.25, -0.2) is 13.1 Å². The van der Waals surface area contributed by atoms with Gasteiger partial charge in [0.15, 0.2) is 0 Å². The van der Waals surface area contributed by atoms with Crippen LogP contribution in [0.15, 0.2) is 23.1 Å². The summed E-state index contributed by atoms with van der Waals surface area (Å²) in [4.78, 5) is 0.521. The van der Waals surface area contributed by atoms with Gasteiger partial charge in [0.2, 0.25) is 10.0 Å². The van der Waals surface area contributed by atoms with Gasteiger partial charge >= 0.3 is 0 Å². The van der Waals surface area contributed by atoms with E-state index >= 15 is 0 Å². The van der Waals surface area contributed by atoms with E-state index in [1.54, 1.807) is 0 Å². The molecule has 134 valence electrons. The van der Waals surface area contributed by atoms with Crippen molar-refractivity contribution in [3.8, 4) is 0 Å². The van der Waals surface area contributed by atoms with Crippen LogP contribution in [-0.2, 0) is 10.0 Å². The van der Waals surface area contributed by atoms with Gasteiger partial charge in [0.05, 0.1) is 4.90 Å². The first kappa shape index (κ1) is 17.9. The van der Waals surface area contributed by atoms with Gasteiger partial charge in [-0.1, -0.05) is 38.8 Å². The first-order valence-electron chi connectivity index (χ1n) is 9.34. The lowest BCUT2D eigenvalue weighted by Crippen LogP contribution is -2.34. The Hall–Kier alpha value is -0.910. The SMILES string of the molecule is CC(C)c1ccc(C2CCNCC2)c(S(=O)(=O)NC2CCCC2)c1. The third kappa shape index (κ3) is 4.01. The summed E-state index contributed by atoms with van der Waals surface area (Å²) in [7, 11) is -3.45. The van der Waals surface area contributed by atoms with Crippen LogP contribution in [0.3, 0.4) is 0 Å². The van der Waals surface area contributed by atoms with Crippen LogP contribution in [0.25, 0.3) is 0 Å². The van der Waals surface area contributed by atoms with E-state index in [-0.39, 0.29) is 6.04 Å². The molecule has 1 aromatic carbocycles. The molecule has 1 saturated heterocycles. The van der Waals surface area contributed by atoms with Crippen molar-refractivity contribution >= 4 is 10.0 Å². The van der Waals surface area contributed by atoms with E-state index in [1.807, 2.05) is 6.07 Å². The summed E-state index contributed by atoms with van der Waals surface area (Å²) in [5, 5.41) is 3.37. The summed E-state index contributed by atoms with van der Waals surface area (Å²) >= 11 is 0. The van der Waals surface area contributed by atoms with Crippen LogP contribution in [0.5, 0.6) is 0 Å². The second-order valence-electron chi connectivity index (χ2n) is 7.58. The fourth-order valence-electron chi connectivity index (χ4n) is 3.94. The summed E-state index contributed by atoms with van der Waals surface area (Å²) in [5.41, 5.74) is 2.10. The second kappa shape index (κ2) is 7.54. The molecule has 0 radical (unpaired) electrons. The summed E-state index contributed by atoms with van der Waals surface area (Å²) in [6.07, 6.45) is 6.19. The van der Waals surface area contributed by atoms with Gasteiger partial charge in [0.1, 0.15) is 0 Å². The molecule has 1 saturated carbocycles. The van der Waals surface area contributed by atoms with E-state index in [2.05, 4.69) is 36.0 Å². The Labute approximate surface area is 146 Å². The lowest BCUT2D eigenvalue weighted by molar-refractivity contribution is 0.454. The Balaban J connectivity index is 1.96. The molecule has 1 aliphatic heterocycles. The summed E-state index contributed by atoms with van der Waals surface area (Å²) in [6.45, 7) is 6.15. The van der Waals surface area contributed by atoms with Crippen LogP contribution in [-0.4, -0.2) is 27.5 Å². The monoisotopic (exact) mass is 350 g/mol. The van der Waals surface area contributed by atoms with E-state index in [4.69, 9.17) is 0 Å². The number of hydrogen-bond donors (Lipinski definition) is 2. The molecule has 1 aliphatic carbocycles. The number of piperidine rings is 1. The maximum Gasteiger partial charge on any atom is 0.241 e. The van der Waals surface area contributed by atoms with Crippen molar-refractivity contribution in [2.75, 3.05) is 13.1 Å². The molecular weight excluding hydrogens is 320 g/mol. The van der Waals surface area contributed by atoms with Crippen molar-refractivity contribution in [2.45, 2.75) is 75.1 Å². The first-order chi connectivity index (χ1) is 11.5. The van der Waals surface area contributed by atoms with E-state index in [9.17, 15) is 8.42 Å². The van der Waals surface area contributed by atoms with E-state index in [0.29, 0.717) is 16.7 Å². The minimum atomic E-state index is -3.45. The molecule has 3 rings (SSSR count). The van der Waals surface area contributed by atoms with E-state index in [0.717, 1.165) is 62.7 Å². The van der Waals surface area contributed by atoms with Crippen LogP contribution in [0, 0.1) is 0 Å². The quantitative estimate of drug-likeness (QED) is 0.854. The molecule has 2 aliphatic rings. The second-order valence-corrected chi connectivity index (χ2v) is 9.26. The van der Waals surface area contributed by atoms with Gasteiger partial charge in [-0.05, 0) is 67.8 Å². The zero-order chi connectivity index (χ0) is 17.2. The molecule has 0 bridgehead atoms. The molecule has 1 heterocycles. The summed E-state index contributed by atoms with van der Waals surface area (Å²) < 4.78 is 29.2. The Kier molecular flexibility index (Phi) is 5.63. The van der Waals surface area contributed by atoms with Crippen LogP contribution < -0.4 is 10.0 Å². The fourth-order valence-corrected chi connectivity index (χ4v) is 5.58. The number of hydrogen-bond acceptors (Lipinski definition) is 3. The Morgan fingerprint density at radius 3 is 2.38 bits per heavy atom. The molecule has 1 aromatic rings. The Morgan fingerprint density at radius 2 is 1.75 bits per heavy atom. The minimum absolute atomic E-state index is 0.110. The molecule has 24 heavy (non-hydrogen) atoms. The van der Waals surface area contributed by atoms with Gasteiger partial charge in [-0.15, -0.1) is 0 Å². The third-order valence-electron chi connectivity index (χ3n) is 5.45. The number of nitrogens with one attached hydrogen (secondary N) is 2. The lowest BCUT2D eigenvalue weighted by atomic mass is 9.88. The van der Waals surface area contributed by atoms with Gasteiger partial charge in [0, 0.05) is 6.04 Å². The lowest BCUT2D eigenvalue weighted by Gasteiger charge is -2.26. The van der Waals surface area contributed by atoms with E-state index in [1.165, 1.54) is 0 Å². The molecule has 4 nitrogen and oxygen atoms in total. The molecule has 0 amide bonds. The molecule has 0 aromatic heterocycles. The van der Waals surface area contributed by atoms with Crippen LogP contribution in [0.2, 0.25) is 0 Å². The average molecular weight is 351 g/mol. The molecule has 2 fully saturated rings. The van der Waals surface area contributed by atoms with Gasteiger partial charge in [0.25, 0.3) is 0 Å². The van der Waals surface area contributed by atoms with Crippen molar-refractivity contribution in [2.24, 2.45) is 0 Å². The standard InChI is InChI=1S/C19H30N2O2S/c1-14(2)16-7-8-18(15-9-11-20-12-10-15)19(13-16)24(22,23)21-17-5-3-4-6-17/h7-8,13-15,17,20-21H,3-6,9-12H2,1-2H3. The molecule has 0 spiro atoms. The summed E-state index contributed by atoms with van der Waals surface area (Å²) in [5.74, 6) is 0.662. The zero-order valence-corrected chi connectivity index (χ0v) is 15.7. The predicted molar refractivity (Wildman–Crippen MR) is 98.0 cm³/mol. The van der Waals surface area contributed by atoms with Crippen LogP contribution >= 0.6 is 0 Å². The molecule has 2 N–H and O–H groups in total. The maximum absolute atomic E-state index is 13.1. The van der Waals surface area contributed by atoms with Crippen molar-refractivity contribution in [1.29, 1.82) is 0 Å². The normalized spacial score (nSPS) is 20.8. The third-order valence-corrected chi connectivity index (χ3v) is 7.03. The van der Waals surface area contributed by atoms with Crippen molar-refractivity contribution in [1.82, 2.24) is 10.0 Å². The van der Waals surface area contributed by atoms with Crippen LogP contribution in [0.1, 0.15) is 75.3 Å². The van der Waals surface area contributed by atoms with Crippen LogP contribution in [0.4, 0.5) is 0 Å². The molecule has 0 unspecified atom stereocenters. The highest BCUT2D eigenvalue weighted by molar-refractivity contribution is 7.89. The van der Waals surface area contributed by atoms with Crippen molar-refractivity contribution < 1.29 is 8.42 Å². The highest BCUT2D eigenvalue weighted by Crippen LogP contribution is 2.33. The molecule has 5 heteroatoms. The van der Waals surface area contributed by atoms with E-state index < -0.39 is 10.0 Å². The number of sulfonamides is 1. The Bertz CT molecular complexity index is 658. The van der Waals surface area contributed by atoms with Gasteiger partial charge in [-0.3, -0.25) is 0 Å². The van der Waals surface area contributed by atoms with Crippen molar-refractivity contribution in [3.63, 3.8) is 0 Å². The predicted octanol–water partition coefficient (Wildman–Crippen LogP) is 3.50. The maximum atomic E-state index is 13.1. The minimum Gasteiger partial charge on any atom is -0.317 e. The van der Waals surface area contributed by atoms with Gasteiger partial charge in [-0.2, -0.15) is 0 Å². The number of rotatable bonds is 5. The van der Waals surface area contributed by atoms with Gasteiger partial charge < -0.3 is 5.32 Å². The molecular formula is C19H30N2O2S. The highest BCUT2D eigenvalue weighted by Gasteiger charge is 2.28. The number of benzene rings is 1. The zero-order valence-electron chi connectivity index (χ0n) is 14.8. The van der Waals surface area contributed by atoms with Crippen molar-refractivity contribution in [3.05, 3.63) is 29.3 Å². The fraction of sp³-hybridized carbons (Fsp3) is 0.684. The topological polar surface area (TPSA) is 58.2 Å². The summed E-state index contributed by atoms with van der Waals surface area (Å²) in [6, 6.07) is 6.20. The Morgan fingerprint density at radius 1 is 1.08 bits per heavy atom. The first-order valence-corrected chi connectivity index (χ1v) is 10.8. The largest absolute Gasteiger partial charge is 0.317 e. The smallest absolute Gasteiger partial charge is 0.241 e.